The Bertz CT molecular complexity index is 419. The summed E-state index contributed by atoms with van der Waals surface area (Å²) in [6, 6.07) is 6.42. The quantitative estimate of drug-likeness (QED) is 0.826. The molecule has 2 heteroatoms. The van der Waals surface area contributed by atoms with Gasteiger partial charge in [0.1, 0.15) is 11.9 Å². The molecule has 2 nitrogen and oxygen atoms in total. The topological polar surface area (TPSA) is 29.5 Å². The van der Waals surface area contributed by atoms with E-state index in [1.54, 1.807) is 0 Å². The van der Waals surface area contributed by atoms with Crippen molar-refractivity contribution in [2.75, 3.05) is 0 Å². The first-order valence-electron chi connectivity index (χ1n) is 6.10. The molecule has 0 saturated heterocycles. The van der Waals surface area contributed by atoms with Crippen LogP contribution in [0.3, 0.4) is 0 Å². The SMILES string of the molecule is CC1Cc2cc(C3(C(C)O)CC3)ccc2O1. The maximum atomic E-state index is 9.87. The highest BCUT2D eigenvalue weighted by Gasteiger charge is 2.48. The fourth-order valence-corrected chi connectivity index (χ4v) is 2.81. The van der Waals surface area contributed by atoms with Crippen molar-refractivity contribution in [1.82, 2.24) is 0 Å². The number of aliphatic hydroxyl groups is 1. The number of fused-ring (bicyclic) bond motifs is 1. The lowest BCUT2D eigenvalue weighted by atomic mass is 9.89. The molecule has 2 atom stereocenters. The van der Waals surface area contributed by atoms with Gasteiger partial charge in [-0.1, -0.05) is 12.1 Å². The molecule has 3 rings (SSSR count). The van der Waals surface area contributed by atoms with Crippen molar-refractivity contribution in [1.29, 1.82) is 0 Å². The van der Waals surface area contributed by atoms with Crippen molar-refractivity contribution in [2.24, 2.45) is 0 Å². The van der Waals surface area contributed by atoms with Gasteiger partial charge < -0.3 is 9.84 Å². The van der Waals surface area contributed by atoms with Crippen LogP contribution < -0.4 is 4.74 Å². The van der Waals surface area contributed by atoms with Crippen LogP contribution in [0.25, 0.3) is 0 Å². The minimum absolute atomic E-state index is 0.0425. The van der Waals surface area contributed by atoms with Crippen LogP contribution in [-0.2, 0) is 11.8 Å². The predicted octanol–water partition coefficient (Wildman–Crippen LogP) is 2.42. The summed E-state index contributed by atoms with van der Waals surface area (Å²) in [6.07, 6.45) is 3.27. The largest absolute Gasteiger partial charge is 0.490 e. The summed E-state index contributed by atoms with van der Waals surface area (Å²) in [5, 5.41) is 9.87. The number of benzene rings is 1. The van der Waals surface area contributed by atoms with E-state index in [2.05, 4.69) is 25.1 Å². The first kappa shape index (κ1) is 10.2. The lowest BCUT2D eigenvalue weighted by molar-refractivity contribution is 0.150. The summed E-state index contributed by atoms with van der Waals surface area (Å²) in [5.41, 5.74) is 2.64. The summed E-state index contributed by atoms with van der Waals surface area (Å²) < 4.78 is 5.69. The van der Waals surface area contributed by atoms with Gasteiger partial charge >= 0.3 is 0 Å². The van der Waals surface area contributed by atoms with Gasteiger partial charge in [0.15, 0.2) is 0 Å². The van der Waals surface area contributed by atoms with E-state index >= 15 is 0 Å². The Labute approximate surface area is 96.2 Å². The maximum Gasteiger partial charge on any atom is 0.123 e. The summed E-state index contributed by atoms with van der Waals surface area (Å²) in [7, 11) is 0. The highest BCUT2D eigenvalue weighted by Crippen LogP contribution is 2.51. The zero-order valence-corrected chi connectivity index (χ0v) is 9.86. The van der Waals surface area contributed by atoms with Crippen molar-refractivity contribution in [2.45, 2.75) is 50.7 Å². The molecule has 16 heavy (non-hydrogen) atoms. The summed E-state index contributed by atoms with van der Waals surface area (Å²) in [5.74, 6) is 1.03. The molecule has 1 fully saturated rings. The highest BCUT2D eigenvalue weighted by atomic mass is 16.5. The lowest BCUT2D eigenvalue weighted by Gasteiger charge is -2.19. The third-order valence-electron chi connectivity index (χ3n) is 4.06. The Balaban J connectivity index is 1.97. The van der Waals surface area contributed by atoms with Crippen LogP contribution in [0.1, 0.15) is 37.8 Å². The van der Waals surface area contributed by atoms with Gasteiger partial charge in [-0.25, -0.2) is 0 Å². The average molecular weight is 218 g/mol. The van der Waals surface area contributed by atoms with E-state index in [1.165, 1.54) is 11.1 Å². The molecule has 0 aromatic heterocycles. The molecule has 1 heterocycles. The summed E-state index contributed by atoms with van der Waals surface area (Å²) in [6.45, 7) is 4.00. The summed E-state index contributed by atoms with van der Waals surface area (Å²) >= 11 is 0. The van der Waals surface area contributed by atoms with E-state index in [0.717, 1.165) is 25.0 Å². The van der Waals surface area contributed by atoms with Crippen molar-refractivity contribution >= 4 is 0 Å². The van der Waals surface area contributed by atoms with Crippen molar-refractivity contribution in [3.63, 3.8) is 0 Å². The predicted molar refractivity (Wildman–Crippen MR) is 62.8 cm³/mol. The van der Waals surface area contributed by atoms with Gasteiger partial charge in [-0.15, -0.1) is 0 Å². The standard InChI is InChI=1S/C14H18O2/c1-9-7-11-8-12(3-4-13(11)16-9)14(5-6-14)10(2)15/h3-4,8-10,15H,5-7H2,1-2H3. The monoisotopic (exact) mass is 218 g/mol. The number of ether oxygens (including phenoxy) is 1. The molecule has 2 aliphatic rings. The molecule has 0 amide bonds. The Kier molecular flexibility index (Phi) is 2.05. The van der Waals surface area contributed by atoms with Gasteiger partial charge in [0.05, 0.1) is 6.10 Å². The Morgan fingerprint density at radius 1 is 1.44 bits per heavy atom. The second kappa shape index (κ2) is 3.24. The van der Waals surface area contributed by atoms with Crippen LogP contribution in [0, 0.1) is 0 Å². The molecule has 1 aliphatic heterocycles. The van der Waals surface area contributed by atoms with E-state index in [9.17, 15) is 5.11 Å². The third-order valence-corrected chi connectivity index (χ3v) is 4.06. The first-order chi connectivity index (χ1) is 7.62. The molecule has 0 spiro atoms. The van der Waals surface area contributed by atoms with Crippen molar-refractivity contribution < 1.29 is 9.84 Å². The smallest absolute Gasteiger partial charge is 0.123 e. The lowest BCUT2D eigenvalue weighted by Crippen LogP contribution is -2.22. The van der Waals surface area contributed by atoms with Crippen LogP contribution in [0.15, 0.2) is 18.2 Å². The molecule has 0 bridgehead atoms. The van der Waals surface area contributed by atoms with Crippen molar-refractivity contribution in [3.8, 4) is 5.75 Å². The molecule has 1 aromatic rings. The zero-order valence-electron chi connectivity index (χ0n) is 9.86. The van der Waals surface area contributed by atoms with Crippen LogP contribution in [0.4, 0.5) is 0 Å². The number of rotatable bonds is 2. The van der Waals surface area contributed by atoms with E-state index in [-0.39, 0.29) is 11.5 Å². The molecular weight excluding hydrogens is 200 g/mol. The minimum atomic E-state index is -0.245. The van der Waals surface area contributed by atoms with Gasteiger partial charge in [-0.3, -0.25) is 0 Å². The van der Waals surface area contributed by atoms with Crippen molar-refractivity contribution in [3.05, 3.63) is 29.3 Å². The van der Waals surface area contributed by atoms with Crippen LogP contribution >= 0.6 is 0 Å². The van der Waals surface area contributed by atoms with Crippen LogP contribution in [0.5, 0.6) is 5.75 Å². The van der Waals surface area contributed by atoms with Crippen LogP contribution in [-0.4, -0.2) is 17.3 Å². The second-order valence-corrected chi connectivity index (χ2v) is 5.29. The van der Waals surface area contributed by atoms with Gasteiger partial charge in [0.25, 0.3) is 0 Å². The fraction of sp³-hybridized carbons (Fsp3) is 0.571. The molecule has 1 aliphatic carbocycles. The van der Waals surface area contributed by atoms with E-state index in [0.29, 0.717) is 6.10 Å². The molecule has 86 valence electrons. The third kappa shape index (κ3) is 1.36. The Morgan fingerprint density at radius 3 is 2.81 bits per heavy atom. The number of aliphatic hydroxyl groups excluding tert-OH is 1. The van der Waals surface area contributed by atoms with Gasteiger partial charge in [-0.05, 0) is 43.9 Å². The fourth-order valence-electron chi connectivity index (χ4n) is 2.81. The minimum Gasteiger partial charge on any atom is -0.490 e. The summed E-state index contributed by atoms with van der Waals surface area (Å²) in [4.78, 5) is 0. The Hall–Kier alpha value is -1.02. The first-order valence-corrected chi connectivity index (χ1v) is 6.10. The molecule has 1 saturated carbocycles. The average Bonchev–Trinajstić information content (AvgIpc) is 2.95. The number of hydrogen-bond donors (Lipinski definition) is 1. The molecule has 1 N–H and O–H groups in total. The highest BCUT2D eigenvalue weighted by molar-refractivity contribution is 5.45. The normalized spacial score (nSPS) is 27.1. The zero-order chi connectivity index (χ0) is 11.3. The second-order valence-electron chi connectivity index (χ2n) is 5.29. The van der Waals surface area contributed by atoms with Gasteiger partial charge in [0, 0.05) is 11.8 Å². The molecule has 1 aromatic carbocycles. The van der Waals surface area contributed by atoms with E-state index in [1.807, 2.05) is 6.92 Å². The van der Waals surface area contributed by atoms with E-state index in [4.69, 9.17) is 4.74 Å². The van der Waals surface area contributed by atoms with Gasteiger partial charge in [0.2, 0.25) is 0 Å². The van der Waals surface area contributed by atoms with Crippen LogP contribution in [0.2, 0.25) is 0 Å². The Morgan fingerprint density at radius 2 is 2.19 bits per heavy atom. The number of hydrogen-bond acceptors (Lipinski definition) is 2. The van der Waals surface area contributed by atoms with E-state index < -0.39 is 0 Å². The molecule has 0 radical (unpaired) electrons. The maximum absolute atomic E-state index is 9.87. The van der Waals surface area contributed by atoms with Gasteiger partial charge in [-0.2, -0.15) is 0 Å². The molecule has 2 unspecified atom stereocenters. The molecular formula is C14H18O2.